The Hall–Kier alpha value is -3.44. The summed E-state index contributed by atoms with van der Waals surface area (Å²) in [4.78, 5) is 36.0. The van der Waals surface area contributed by atoms with E-state index >= 15 is 0 Å². The highest BCUT2D eigenvalue weighted by molar-refractivity contribution is 5.94. The number of ether oxygens (including phenoxy) is 2. The summed E-state index contributed by atoms with van der Waals surface area (Å²) < 4.78 is 46.7. The molecule has 0 spiro atoms. The number of hydrogen-bond acceptors (Lipinski definition) is 7. The fourth-order valence-electron chi connectivity index (χ4n) is 2.24. The molecular weight excluding hydrogens is 419 g/mol. The van der Waals surface area contributed by atoms with E-state index in [1.54, 1.807) is 20.8 Å². The molecule has 168 valence electrons. The molecule has 0 radical (unpaired) electrons. The van der Waals surface area contributed by atoms with Crippen LogP contribution < -0.4 is 20.1 Å². The quantitative estimate of drug-likeness (QED) is 0.647. The topological polar surface area (TPSA) is 115 Å². The first-order valence-corrected chi connectivity index (χ1v) is 9.18. The van der Waals surface area contributed by atoms with Crippen LogP contribution in [0.3, 0.4) is 0 Å². The van der Waals surface area contributed by atoms with Crippen molar-refractivity contribution in [2.24, 2.45) is 5.92 Å². The summed E-state index contributed by atoms with van der Waals surface area (Å²) in [6, 6.07) is 2.20. The molecule has 0 saturated heterocycles. The van der Waals surface area contributed by atoms with Gasteiger partial charge in [-0.05, 0) is 24.6 Å². The van der Waals surface area contributed by atoms with Gasteiger partial charge in [0.25, 0.3) is 11.8 Å². The van der Waals surface area contributed by atoms with Gasteiger partial charge < -0.3 is 14.8 Å². The van der Waals surface area contributed by atoms with Crippen molar-refractivity contribution < 1.29 is 32.2 Å². The van der Waals surface area contributed by atoms with Crippen LogP contribution in [0.2, 0.25) is 0 Å². The van der Waals surface area contributed by atoms with Gasteiger partial charge in [-0.15, -0.1) is 0 Å². The Kier molecular flexibility index (Phi) is 7.72. The molecule has 9 nitrogen and oxygen atoms in total. The first-order chi connectivity index (χ1) is 14.5. The van der Waals surface area contributed by atoms with Gasteiger partial charge in [-0.25, -0.2) is 15.0 Å². The molecule has 1 atom stereocenters. The molecule has 0 bridgehead atoms. The minimum Gasteiger partial charge on any atom is -0.491 e. The van der Waals surface area contributed by atoms with Gasteiger partial charge in [-0.2, -0.15) is 13.2 Å². The van der Waals surface area contributed by atoms with Crippen LogP contribution in [0.25, 0.3) is 0 Å². The van der Waals surface area contributed by atoms with Gasteiger partial charge in [0.15, 0.2) is 12.4 Å². The average Bonchev–Trinajstić information content (AvgIpc) is 2.71. The van der Waals surface area contributed by atoms with Gasteiger partial charge in [0.05, 0.1) is 13.2 Å². The summed E-state index contributed by atoms with van der Waals surface area (Å²) in [5.74, 6) is -1.46. The second-order valence-corrected chi connectivity index (χ2v) is 6.78. The van der Waals surface area contributed by atoms with E-state index in [4.69, 9.17) is 4.74 Å². The zero-order valence-corrected chi connectivity index (χ0v) is 17.3. The molecule has 31 heavy (non-hydrogen) atoms. The third-order valence-corrected chi connectivity index (χ3v) is 3.93. The van der Waals surface area contributed by atoms with Crippen LogP contribution in [0, 0.1) is 5.92 Å². The maximum Gasteiger partial charge on any atom is 0.422 e. The fraction of sp³-hybridized carbons (Fsp3) is 0.421. The number of amides is 2. The summed E-state index contributed by atoms with van der Waals surface area (Å²) in [6.07, 6.45) is -1.91. The molecule has 0 fully saturated rings. The second-order valence-electron chi connectivity index (χ2n) is 6.78. The van der Waals surface area contributed by atoms with Crippen LogP contribution in [0.5, 0.6) is 11.6 Å². The predicted octanol–water partition coefficient (Wildman–Crippen LogP) is 2.91. The fourth-order valence-corrected chi connectivity index (χ4v) is 2.24. The molecule has 2 amide bonds. The van der Waals surface area contributed by atoms with Crippen molar-refractivity contribution in [2.75, 3.05) is 19.0 Å². The molecule has 2 aromatic heterocycles. The average molecular weight is 441 g/mol. The molecule has 2 heterocycles. The highest BCUT2D eigenvalue weighted by Gasteiger charge is 2.29. The molecule has 1 unspecified atom stereocenters. The van der Waals surface area contributed by atoms with Crippen molar-refractivity contribution in [2.45, 2.75) is 33.0 Å². The van der Waals surface area contributed by atoms with Gasteiger partial charge >= 0.3 is 6.18 Å². The van der Waals surface area contributed by atoms with Crippen molar-refractivity contribution >= 4 is 17.8 Å². The number of nitrogens with one attached hydrogen (secondary N) is 2. The first-order valence-electron chi connectivity index (χ1n) is 9.18. The van der Waals surface area contributed by atoms with Crippen LogP contribution in [0.15, 0.2) is 24.5 Å². The Morgan fingerprint density at radius 3 is 2.52 bits per heavy atom. The molecule has 2 aromatic rings. The van der Waals surface area contributed by atoms with E-state index in [9.17, 15) is 22.8 Å². The number of anilines is 1. The van der Waals surface area contributed by atoms with E-state index in [-0.39, 0.29) is 35.1 Å². The van der Waals surface area contributed by atoms with Crippen molar-refractivity contribution in [1.82, 2.24) is 20.3 Å². The summed E-state index contributed by atoms with van der Waals surface area (Å²) >= 11 is 0. The summed E-state index contributed by atoms with van der Waals surface area (Å²) in [5.41, 5.74) is 0.484. The number of methoxy groups -OCH3 is 1. The number of rotatable bonds is 8. The van der Waals surface area contributed by atoms with Gasteiger partial charge in [0.1, 0.15) is 5.69 Å². The van der Waals surface area contributed by atoms with Crippen molar-refractivity contribution in [1.29, 1.82) is 0 Å². The predicted molar refractivity (Wildman–Crippen MR) is 104 cm³/mol. The summed E-state index contributed by atoms with van der Waals surface area (Å²) in [7, 11) is 1.26. The maximum atomic E-state index is 12.5. The van der Waals surface area contributed by atoms with E-state index in [1.165, 1.54) is 31.6 Å². The van der Waals surface area contributed by atoms with Gasteiger partial charge in [0, 0.05) is 18.3 Å². The Bertz CT molecular complexity index is 937. The van der Waals surface area contributed by atoms with Crippen LogP contribution in [-0.4, -0.2) is 46.7 Å². The molecule has 0 aliphatic rings. The molecule has 2 N–H and O–H groups in total. The SMILES string of the molecule is COc1cc(C(C)NC(=O)c2ccnc(NC(=O)C(C)C)n2)cnc1OCC(F)(F)F. The Balaban J connectivity index is 2.09. The Morgan fingerprint density at radius 1 is 1.19 bits per heavy atom. The molecular formula is C19H22F3N5O4. The number of carbonyl (C=O) groups excluding carboxylic acids is 2. The number of pyridine rings is 1. The van der Waals surface area contributed by atoms with Crippen LogP contribution in [0.1, 0.15) is 42.9 Å². The van der Waals surface area contributed by atoms with E-state index < -0.39 is 24.7 Å². The third-order valence-electron chi connectivity index (χ3n) is 3.93. The highest BCUT2D eigenvalue weighted by Crippen LogP contribution is 2.29. The largest absolute Gasteiger partial charge is 0.491 e. The zero-order chi connectivity index (χ0) is 23.2. The number of alkyl halides is 3. The molecule has 12 heteroatoms. The minimum atomic E-state index is -4.52. The molecule has 0 saturated carbocycles. The Labute approximate surface area is 176 Å². The molecule has 0 aromatic carbocycles. The number of halogens is 3. The van der Waals surface area contributed by atoms with Gasteiger partial charge in [-0.3, -0.25) is 14.9 Å². The van der Waals surface area contributed by atoms with Crippen LogP contribution in [-0.2, 0) is 4.79 Å². The van der Waals surface area contributed by atoms with Gasteiger partial charge in [-0.1, -0.05) is 13.8 Å². The van der Waals surface area contributed by atoms with E-state index in [0.717, 1.165) is 0 Å². The normalized spacial score (nSPS) is 12.3. The van der Waals surface area contributed by atoms with Crippen molar-refractivity contribution in [3.8, 4) is 11.6 Å². The third kappa shape index (κ3) is 7.08. The maximum absolute atomic E-state index is 12.5. The van der Waals surface area contributed by atoms with E-state index in [2.05, 4.69) is 30.3 Å². The number of hydrogen-bond donors (Lipinski definition) is 2. The van der Waals surface area contributed by atoms with Crippen LogP contribution in [0.4, 0.5) is 19.1 Å². The summed E-state index contributed by atoms with van der Waals surface area (Å²) in [5, 5.41) is 5.19. The van der Waals surface area contributed by atoms with Crippen molar-refractivity contribution in [3.05, 3.63) is 35.8 Å². The molecule has 0 aliphatic heterocycles. The zero-order valence-electron chi connectivity index (χ0n) is 17.3. The van der Waals surface area contributed by atoms with Gasteiger partial charge in [0.2, 0.25) is 11.9 Å². The van der Waals surface area contributed by atoms with Crippen LogP contribution >= 0.6 is 0 Å². The lowest BCUT2D eigenvalue weighted by Gasteiger charge is -2.17. The molecule has 2 rings (SSSR count). The van der Waals surface area contributed by atoms with E-state index in [0.29, 0.717) is 5.56 Å². The second kappa shape index (κ2) is 10.0. The lowest BCUT2D eigenvalue weighted by molar-refractivity contribution is -0.154. The van der Waals surface area contributed by atoms with Crippen molar-refractivity contribution in [3.63, 3.8) is 0 Å². The number of carbonyl (C=O) groups is 2. The lowest BCUT2D eigenvalue weighted by Crippen LogP contribution is -2.28. The first kappa shape index (κ1) is 23.8. The highest BCUT2D eigenvalue weighted by atomic mass is 19.4. The smallest absolute Gasteiger partial charge is 0.422 e. The lowest BCUT2D eigenvalue weighted by atomic mass is 10.1. The summed E-state index contributed by atoms with van der Waals surface area (Å²) in [6.45, 7) is 3.54. The number of aromatic nitrogens is 3. The monoisotopic (exact) mass is 441 g/mol. The number of nitrogens with zero attached hydrogens (tertiary/aromatic N) is 3. The van der Waals surface area contributed by atoms with E-state index in [1.807, 2.05) is 0 Å². The standard InChI is InChI=1S/C19H22F3N5O4/c1-10(2)15(28)27-18-23-6-5-13(26-18)16(29)25-11(3)12-7-14(30-4)17(24-8-12)31-9-19(20,21)22/h5-8,10-11H,9H2,1-4H3,(H,25,29)(H,23,26,27,28). The Morgan fingerprint density at radius 2 is 1.90 bits per heavy atom. The molecule has 0 aliphatic carbocycles. The minimum absolute atomic E-state index is 0.00601.